The van der Waals surface area contributed by atoms with Gasteiger partial charge in [0.05, 0.1) is 6.61 Å². The van der Waals surface area contributed by atoms with Crippen LogP contribution in [0.15, 0.2) is 30.3 Å². The van der Waals surface area contributed by atoms with Crippen LogP contribution in [0.3, 0.4) is 0 Å². The molecule has 3 N–H and O–H groups in total. The Labute approximate surface area is 104 Å². The summed E-state index contributed by atoms with van der Waals surface area (Å²) in [5.41, 5.74) is 7.00. The second kappa shape index (κ2) is 8.23. The number of aliphatic hydroxyl groups excluding tert-OH is 1. The topological polar surface area (TPSA) is 49.5 Å². The van der Waals surface area contributed by atoms with Crippen molar-refractivity contribution in [1.82, 2.24) is 4.90 Å². The van der Waals surface area contributed by atoms with E-state index >= 15 is 0 Å². The van der Waals surface area contributed by atoms with Crippen molar-refractivity contribution in [3.8, 4) is 0 Å². The molecule has 0 heterocycles. The van der Waals surface area contributed by atoms with E-state index in [1.807, 2.05) is 6.07 Å². The maximum absolute atomic E-state index is 9.15. The van der Waals surface area contributed by atoms with E-state index in [1.54, 1.807) is 0 Å². The Hall–Kier alpha value is -0.900. The van der Waals surface area contributed by atoms with Gasteiger partial charge < -0.3 is 10.8 Å². The van der Waals surface area contributed by atoms with E-state index < -0.39 is 0 Å². The van der Waals surface area contributed by atoms with Gasteiger partial charge in [-0.2, -0.15) is 0 Å². The molecule has 0 fully saturated rings. The van der Waals surface area contributed by atoms with Crippen molar-refractivity contribution in [2.24, 2.45) is 5.73 Å². The predicted octanol–water partition coefficient (Wildman–Crippen LogP) is 1.78. The van der Waals surface area contributed by atoms with Crippen LogP contribution in [0.1, 0.15) is 31.4 Å². The summed E-state index contributed by atoms with van der Waals surface area (Å²) < 4.78 is 0. The average molecular weight is 236 g/mol. The third kappa shape index (κ3) is 4.46. The van der Waals surface area contributed by atoms with Gasteiger partial charge in [-0.25, -0.2) is 0 Å². The van der Waals surface area contributed by atoms with Crippen LogP contribution in [0.5, 0.6) is 0 Å². The van der Waals surface area contributed by atoms with Gasteiger partial charge in [0.1, 0.15) is 0 Å². The largest absolute Gasteiger partial charge is 0.395 e. The number of hydrogen-bond donors (Lipinski definition) is 2. The Balaban J connectivity index is 2.81. The van der Waals surface area contributed by atoms with Crippen LogP contribution in [0.25, 0.3) is 0 Å². The minimum atomic E-state index is 0.202. The van der Waals surface area contributed by atoms with Crippen molar-refractivity contribution in [1.29, 1.82) is 0 Å². The smallest absolute Gasteiger partial charge is 0.0558 e. The number of aliphatic hydroxyl groups is 1. The molecule has 0 aliphatic heterocycles. The molecule has 0 aromatic heterocycles. The molecule has 96 valence electrons. The molecule has 0 saturated carbocycles. The van der Waals surface area contributed by atoms with Gasteiger partial charge in [-0.3, -0.25) is 4.90 Å². The summed E-state index contributed by atoms with van der Waals surface area (Å²) in [7, 11) is 0. The third-order valence-corrected chi connectivity index (χ3v) is 2.96. The number of nitrogens with zero attached hydrogens (tertiary/aromatic N) is 1. The number of hydrogen-bond acceptors (Lipinski definition) is 3. The highest BCUT2D eigenvalue weighted by Gasteiger charge is 2.18. The van der Waals surface area contributed by atoms with Crippen LogP contribution < -0.4 is 5.73 Å². The summed E-state index contributed by atoms with van der Waals surface area (Å²) in [6.07, 6.45) is 2.03. The van der Waals surface area contributed by atoms with Gasteiger partial charge >= 0.3 is 0 Å². The third-order valence-electron chi connectivity index (χ3n) is 2.96. The normalized spacial score (nSPS) is 12.9. The molecule has 0 bridgehead atoms. The number of nitrogens with two attached hydrogens (primary N) is 1. The minimum Gasteiger partial charge on any atom is -0.395 e. The molecular weight excluding hydrogens is 212 g/mol. The SMILES string of the molecule is CCCN(CCO)C(CCN)c1ccccc1. The average Bonchev–Trinajstić information content (AvgIpc) is 2.37. The van der Waals surface area contributed by atoms with Crippen molar-refractivity contribution >= 4 is 0 Å². The molecule has 0 saturated heterocycles. The zero-order valence-electron chi connectivity index (χ0n) is 10.7. The lowest BCUT2D eigenvalue weighted by Gasteiger charge is -2.31. The highest BCUT2D eigenvalue weighted by molar-refractivity contribution is 5.19. The van der Waals surface area contributed by atoms with E-state index in [1.165, 1.54) is 5.56 Å². The van der Waals surface area contributed by atoms with E-state index in [-0.39, 0.29) is 6.61 Å². The second-order valence-corrected chi connectivity index (χ2v) is 4.26. The molecule has 1 unspecified atom stereocenters. The molecule has 1 aromatic carbocycles. The Kier molecular flexibility index (Phi) is 6.86. The highest BCUT2D eigenvalue weighted by Crippen LogP contribution is 2.23. The van der Waals surface area contributed by atoms with Crippen molar-refractivity contribution < 1.29 is 5.11 Å². The monoisotopic (exact) mass is 236 g/mol. The van der Waals surface area contributed by atoms with E-state index in [9.17, 15) is 0 Å². The number of benzene rings is 1. The van der Waals surface area contributed by atoms with Crippen LogP contribution in [-0.4, -0.2) is 36.2 Å². The lowest BCUT2D eigenvalue weighted by atomic mass is 10.0. The lowest BCUT2D eigenvalue weighted by Crippen LogP contribution is -2.33. The summed E-state index contributed by atoms with van der Waals surface area (Å²) in [6, 6.07) is 10.7. The minimum absolute atomic E-state index is 0.202. The Morgan fingerprint density at radius 2 is 1.94 bits per heavy atom. The quantitative estimate of drug-likeness (QED) is 0.723. The standard InChI is InChI=1S/C14H24N2O/c1-2-10-16(11-12-17)14(8-9-15)13-6-4-3-5-7-13/h3-7,14,17H,2,8-12,15H2,1H3. The van der Waals surface area contributed by atoms with Crippen molar-refractivity contribution in [2.75, 3.05) is 26.2 Å². The van der Waals surface area contributed by atoms with Gasteiger partial charge in [-0.05, 0) is 31.5 Å². The second-order valence-electron chi connectivity index (χ2n) is 4.26. The first kappa shape index (κ1) is 14.2. The molecule has 0 radical (unpaired) electrons. The zero-order chi connectivity index (χ0) is 12.5. The molecule has 1 atom stereocenters. The van der Waals surface area contributed by atoms with E-state index in [2.05, 4.69) is 36.1 Å². The van der Waals surface area contributed by atoms with E-state index in [0.29, 0.717) is 19.1 Å². The predicted molar refractivity (Wildman–Crippen MR) is 71.8 cm³/mol. The summed E-state index contributed by atoms with van der Waals surface area (Å²) >= 11 is 0. The van der Waals surface area contributed by atoms with Crippen molar-refractivity contribution in [3.63, 3.8) is 0 Å². The highest BCUT2D eigenvalue weighted by atomic mass is 16.3. The summed E-state index contributed by atoms with van der Waals surface area (Å²) in [5.74, 6) is 0. The van der Waals surface area contributed by atoms with Gasteiger partial charge in [-0.1, -0.05) is 37.3 Å². The molecule has 0 aliphatic carbocycles. The van der Waals surface area contributed by atoms with Crippen molar-refractivity contribution in [3.05, 3.63) is 35.9 Å². The number of rotatable bonds is 8. The van der Waals surface area contributed by atoms with Crippen molar-refractivity contribution in [2.45, 2.75) is 25.8 Å². The zero-order valence-corrected chi connectivity index (χ0v) is 10.7. The first-order valence-electron chi connectivity index (χ1n) is 6.43. The maximum Gasteiger partial charge on any atom is 0.0558 e. The first-order valence-corrected chi connectivity index (χ1v) is 6.43. The Morgan fingerprint density at radius 1 is 1.24 bits per heavy atom. The summed E-state index contributed by atoms with van der Waals surface area (Å²) in [6.45, 7) is 4.75. The molecule has 0 aliphatic rings. The van der Waals surface area contributed by atoms with Crippen LogP contribution >= 0.6 is 0 Å². The first-order chi connectivity index (χ1) is 8.33. The fraction of sp³-hybridized carbons (Fsp3) is 0.571. The molecule has 0 spiro atoms. The Morgan fingerprint density at radius 3 is 2.47 bits per heavy atom. The van der Waals surface area contributed by atoms with Gasteiger partial charge in [0.15, 0.2) is 0 Å². The molecule has 1 aromatic rings. The van der Waals surface area contributed by atoms with E-state index in [0.717, 1.165) is 19.4 Å². The molecule has 1 rings (SSSR count). The van der Waals surface area contributed by atoms with Crippen LogP contribution in [0, 0.1) is 0 Å². The lowest BCUT2D eigenvalue weighted by molar-refractivity contribution is 0.145. The maximum atomic E-state index is 9.15. The van der Waals surface area contributed by atoms with Gasteiger partial charge in [0.25, 0.3) is 0 Å². The van der Waals surface area contributed by atoms with Gasteiger partial charge in [0, 0.05) is 12.6 Å². The molecule has 17 heavy (non-hydrogen) atoms. The fourth-order valence-electron chi connectivity index (χ4n) is 2.23. The summed E-state index contributed by atoms with van der Waals surface area (Å²) in [5, 5.41) is 9.15. The van der Waals surface area contributed by atoms with Crippen LogP contribution in [0.4, 0.5) is 0 Å². The van der Waals surface area contributed by atoms with Crippen LogP contribution in [-0.2, 0) is 0 Å². The Bertz CT molecular complexity index is 284. The molecule has 0 amide bonds. The molecule has 3 nitrogen and oxygen atoms in total. The van der Waals surface area contributed by atoms with Gasteiger partial charge in [0.2, 0.25) is 0 Å². The van der Waals surface area contributed by atoms with Gasteiger partial charge in [-0.15, -0.1) is 0 Å². The van der Waals surface area contributed by atoms with Crippen LogP contribution in [0.2, 0.25) is 0 Å². The fourth-order valence-corrected chi connectivity index (χ4v) is 2.23. The van der Waals surface area contributed by atoms with E-state index in [4.69, 9.17) is 10.8 Å². The molecule has 3 heteroatoms. The molecular formula is C14H24N2O. The summed E-state index contributed by atoms with van der Waals surface area (Å²) in [4.78, 5) is 2.32.